The molecule has 0 N–H and O–H groups in total. The van der Waals surface area contributed by atoms with Crippen LogP contribution in [0.1, 0.15) is 20.0 Å². The Labute approximate surface area is 94.4 Å². The number of carbonyl (C=O) groups is 2. The Morgan fingerprint density at radius 2 is 2.06 bits per heavy atom. The van der Waals surface area contributed by atoms with E-state index in [4.69, 9.17) is 4.74 Å². The minimum atomic E-state index is -0.559. The Kier molecular flexibility index (Phi) is 1.79. The molecule has 0 saturated carbocycles. The van der Waals surface area contributed by atoms with E-state index in [0.29, 0.717) is 16.2 Å². The summed E-state index contributed by atoms with van der Waals surface area (Å²) >= 11 is 1.25. The van der Waals surface area contributed by atoms with E-state index in [2.05, 4.69) is 4.74 Å². The molecule has 1 aromatic carbocycles. The van der Waals surface area contributed by atoms with Gasteiger partial charge < -0.3 is 9.47 Å². The Balaban J connectivity index is 2.35. The number of hydrogen-bond acceptors (Lipinski definition) is 5. The number of ether oxygens (including phenoxy) is 2. The van der Waals surface area contributed by atoms with Crippen LogP contribution in [0.2, 0.25) is 0 Å². The number of methoxy groups -OCH3 is 1. The van der Waals surface area contributed by atoms with E-state index in [0.717, 1.165) is 10.1 Å². The van der Waals surface area contributed by atoms with E-state index in [9.17, 15) is 9.59 Å². The van der Waals surface area contributed by atoms with E-state index >= 15 is 0 Å². The minimum Gasteiger partial charge on any atom is -0.497 e. The van der Waals surface area contributed by atoms with Crippen LogP contribution in [0.5, 0.6) is 5.75 Å². The maximum Gasteiger partial charge on any atom is 0.357 e. The van der Waals surface area contributed by atoms with Crippen molar-refractivity contribution < 1.29 is 19.1 Å². The van der Waals surface area contributed by atoms with Crippen molar-refractivity contribution in [2.75, 3.05) is 7.11 Å². The molecule has 2 heterocycles. The third-order valence-corrected chi connectivity index (χ3v) is 3.60. The zero-order valence-electron chi connectivity index (χ0n) is 8.27. The van der Waals surface area contributed by atoms with Gasteiger partial charge in [0.2, 0.25) is 0 Å². The lowest BCUT2D eigenvalue weighted by Crippen LogP contribution is -1.98. The Bertz CT molecular complexity index is 626. The van der Waals surface area contributed by atoms with Crippen LogP contribution >= 0.6 is 11.3 Å². The Morgan fingerprint density at radius 1 is 1.25 bits per heavy atom. The number of fused-ring (bicyclic) bond motifs is 3. The highest BCUT2D eigenvalue weighted by Crippen LogP contribution is 2.37. The molecule has 2 aromatic rings. The molecule has 0 fully saturated rings. The van der Waals surface area contributed by atoms with Gasteiger partial charge >= 0.3 is 11.9 Å². The van der Waals surface area contributed by atoms with Crippen molar-refractivity contribution >= 4 is 33.4 Å². The zero-order valence-corrected chi connectivity index (χ0v) is 9.09. The summed E-state index contributed by atoms with van der Waals surface area (Å²) in [6.07, 6.45) is 0. The van der Waals surface area contributed by atoms with Crippen molar-refractivity contribution in [2.24, 2.45) is 0 Å². The molecule has 0 unspecified atom stereocenters. The first kappa shape index (κ1) is 9.35. The summed E-state index contributed by atoms with van der Waals surface area (Å²) in [4.78, 5) is 23.2. The molecule has 1 aromatic heterocycles. The predicted molar refractivity (Wildman–Crippen MR) is 58.1 cm³/mol. The first-order valence-electron chi connectivity index (χ1n) is 4.58. The van der Waals surface area contributed by atoms with Gasteiger partial charge in [0.15, 0.2) is 0 Å². The standard InChI is InChI=1S/C11H6O4S/c1-14-5-2-3-6-7(4-5)16-9-8(6)10(12)15-11(9)13/h2-4H,1H3. The molecule has 3 rings (SSSR count). The van der Waals surface area contributed by atoms with Crippen molar-refractivity contribution in [1.29, 1.82) is 0 Å². The van der Waals surface area contributed by atoms with Crippen molar-refractivity contribution in [3.8, 4) is 5.75 Å². The van der Waals surface area contributed by atoms with Gasteiger partial charge in [-0.2, -0.15) is 0 Å². The van der Waals surface area contributed by atoms with Gasteiger partial charge in [-0.15, -0.1) is 11.3 Å². The molecule has 4 nitrogen and oxygen atoms in total. The van der Waals surface area contributed by atoms with Gasteiger partial charge in [-0.05, 0) is 18.2 Å². The van der Waals surface area contributed by atoms with E-state index in [1.165, 1.54) is 11.3 Å². The quantitative estimate of drug-likeness (QED) is 0.560. The third kappa shape index (κ3) is 1.09. The smallest absolute Gasteiger partial charge is 0.357 e. The van der Waals surface area contributed by atoms with Crippen LogP contribution in [0.4, 0.5) is 0 Å². The predicted octanol–water partition coefficient (Wildman–Crippen LogP) is 2.22. The second kappa shape index (κ2) is 3.05. The highest BCUT2D eigenvalue weighted by molar-refractivity contribution is 7.21. The van der Waals surface area contributed by atoms with Crippen LogP contribution in [0.25, 0.3) is 10.1 Å². The van der Waals surface area contributed by atoms with Gasteiger partial charge in [0.1, 0.15) is 10.6 Å². The normalized spacial score (nSPS) is 14.1. The third-order valence-electron chi connectivity index (χ3n) is 2.47. The van der Waals surface area contributed by atoms with Gasteiger partial charge in [0.25, 0.3) is 0 Å². The molecule has 0 saturated heterocycles. The van der Waals surface area contributed by atoms with Gasteiger partial charge in [-0.3, -0.25) is 0 Å². The second-order valence-electron chi connectivity index (χ2n) is 3.35. The topological polar surface area (TPSA) is 52.6 Å². The van der Waals surface area contributed by atoms with E-state index < -0.39 is 11.9 Å². The molecule has 80 valence electrons. The summed E-state index contributed by atoms with van der Waals surface area (Å²) in [7, 11) is 1.57. The van der Waals surface area contributed by atoms with Crippen LogP contribution in [0.15, 0.2) is 18.2 Å². The Morgan fingerprint density at radius 3 is 2.81 bits per heavy atom. The minimum absolute atomic E-state index is 0.382. The fourth-order valence-corrected chi connectivity index (χ4v) is 2.83. The Hall–Kier alpha value is -1.88. The first-order chi connectivity index (χ1) is 7.70. The molecule has 0 amide bonds. The summed E-state index contributed by atoms with van der Waals surface area (Å²) in [6.45, 7) is 0. The molecule has 0 bridgehead atoms. The zero-order chi connectivity index (χ0) is 11.3. The molecule has 0 spiro atoms. The summed E-state index contributed by atoms with van der Waals surface area (Å²) in [5, 5.41) is 0.747. The first-order valence-corrected chi connectivity index (χ1v) is 5.39. The molecule has 0 atom stereocenters. The van der Waals surface area contributed by atoms with Crippen molar-refractivity contribution in [1.82, 2.24) is 0 Å². The van der Waals surface area contributed by atoms with Crippen molar-refractivity contribution in [3.05, 3.63) is 28.6 Å². The number of carbonyl (C=O) groups excluding carboxylic acids is 2. The number of benzene rings is 1. The van der Waals surface area contributed by atoms with Crippen LogP contribution in [-0.4, -0.2) is 19.0 Å². The number of esters is 2. The summed E-state index contributed by atoms with van der Waals surface area (Å²) in [5.41, 5.74) is 0.382. The number of hydrogen-bond donors (Lipinski definition) is 0. The van der Waals surface area contributed by atoms with Gasteiger partial charge in [0.05, 0.1) is 12.7 Å². The van der Waals surface area contributed by atoms with E-state index in [1.54, 1.807) is 25.3 Å². The second-order valence-corrected chi connectivity index (χ2v) is 4.40. The number of rotatable bonds is 1. The van der Waals surface area contributed by atoms with E-state index in [1.807, 2.05) is 0 Å². The maximum absolute atomic E-state index is 11.4. The fraction of sp³-hybridized carbons (Fsp3) is 0.0909. The fourth-order valence-electron chi connectivity index (χ4n) is 1.73. The SMILES string of the molecule is COc1ccc2c3c(sc2c1)C(=O)OC3=O. The van der Waals surface area contributed by atoms with Crippen LogP contribution in [-0.2, 0) is 4.74 Å². The van der Waals surface area contributed by atoms with Crippen LogP contribution in [0, 0.1) is 0 Å². The summed E-state index contributed by atoms with van der Waals surface area (Å²) in [6, 6.07) is 5.33. The molecular weight excluding hydrogens is 228 g/mol. The van der Waals surface area contributed by atoms with Crippen molar-refractivity contribution in [2.45, 2.75) is 0 Å². The molecule has 0 radical (unpaired) electrons. The van der Waals surface area contributed by atoms with E-state index in [-0.39, 0.29) is 0 Å². The molecule has 1 aliphatic rings. The molecule has 0 aliphatic carbocycles. The number of thiophene rings is 1. The van der Waals surface area contributed by atoms with Gasteiger partial charge in [-0.1, -0.05) is 0 Å². The van der Waals surface area contributed by atoms with Crippen molar-refractivity contribution in [3.63, 3.8) is 0 Å². The largest absolute Gasteiger partial charge is 0.497 e. The van der Waals surface area contributed by atoms with Crippen LogP contribution < -0.4 is 4.74 Å². The number of cyclic esters (lactones) is 2. The monoisotopic (exact) mass is 234 g/mol. The molecular formula is C11H6O4S. The highest BCUT2D eigenvalue weighted by Gasteiger charge is 2.34. The maximum atomic E-state index is 11.4. The summed E-state index contributed by atoms with van der Waals surface area (Å²) < 4.78 is 10.5. The average molecular weight is 234 g/mol. The lowest BCUT2D eigenvalue weighted by atomic mass is 10.1. The molecule has 16 heavy (non-hydrogen) atoms. The van der Waals surface area contributed by atoms with Gasteiger partial charge in [-0.25, -0.2) is 9.59 Å². The molecule has 1 aliphatic heterocycles. The van der Waals surface area contributed by atoms with Crippen LogP contribution in [0.3, 0.4) is 0 Å². The molecule has 5 heteroatoms. The lowest BCUT2D eigenvalue weighted by molar-refractivity contribution is 0.0446. The lowest BCUT2D eigenvalue weighted by Gasteiger charge is -1.98. The average Bonchev–Trinajstić information content (AvgIpc) is 2.77. The summed E-state index contributed by atoms with van der Waals surface area (Å²) in [5.74, 6) is -0.412. The highest BCUT2D eigenvalue weighted by atomic mass is 32.1. The van der Waals surface area contributed by atoms with Gasteiger partial charge in [0, 0.05) is 10.1 Å².